The first-order chi connectivity index (χ1) is 6.04. The second-order valence-electron chi connectivity index (χ2n) is 2.94. The van der Waals surface area contributed by atoms with Gasteiger partial charge < -0.3 is 15.2 Å². The predicted octanol–water partition coefficient (Wildman–Crippen LogP) is 0.227. The van der Waals surface area contributed by atoms with E-state index in [2.05, 4.69) is 5.32 Å². The van der Waals surface area contributed by atoms with Crippen molar-refractivity contribution in [1.29, 1.82) is 0 Å². The lowest BCUT2D eigenvalue weighted by Gasteiger charge is -2.27. The molecule has 1 rings (SSSR count). The Morgan fingerprint density at radius 3 is 2.77 bits per heavy atom. The highest BCUT2D eigenvalue weighted by atomic mass is 16.5. The van der Waals surface area contributed by atoms with E-state index in [1.165, 1.54) is 13.2 Å². The Balaban J connectivity index is 2.64. The van der Waals surface area contributed by atoms with E-state index in [1.54, 1.807) is 6.08 Å². The van der Waals surface area contributed by atoms with Crippen LogP contribution in [0.5, 0.6) is 0 Å². The summed E-state index contributed by atoms with van der Waals surface area (Å²) in [4.78, 5) is 21.3. The van der Waals surface area contributed by atoms with Gasteiger partial charge in [0, 0.05) is 13.3 Å². The Morgan fingerprint density at radius 2 is 2.38 bits per heavy atom. The summed E-state index contributed by atoms with van der Waals surface area (Å²) in [6, 6.07) is 0. The summed E-state index contributed by atoms with van der Waals surface area (Å²) in [5.74, 6) is -1.30. The molecule has 1 aliphatic rings. The van der Waals surface area contributed by atoms with Crippen LogP contribution in [0.4, 0.5) is 0 Å². The molecule has 13 heavy (non-hydrogen) atoms. The molecular weight excluding hydrogens is 174 g/mol. The fraction of sp³-hybridized carbons (Fsp3) is 0.500. The average Bonchev–Trinajstić information content (AvgIpc) is 2.33. The summed E-state index contributed by atoms with van der Waals surface area (Å²) in [7, 11) is 0. The maximum atomic E-state index is 10.8. The monoisotopic (exact) mass is 185 g/mol. The molecule has 0 saturated carbocycles. The number of rotatable bonds is 3. The first-order valence-corrected chi connectivity index (χ1v) is 3.87. The largest absolute Gasteiger partial charge is 0.481 e. The van der Waals surface area contributed by atoms with E-state index < -0.39 is 11.7 Å². The molecule has 72 valence electrons. The zero-order valence-electron chi connectivity index (χ0n) is 7.24. The molecule has 0 fully saturated rings. The lowest BCUT2D eigenvalue weighted by molar-refractivity contribution is -0.145. The Hall–Kier alpha value is -1.52. The van der Waals surface area contributed by atoms with Crippen LogP contribution >= 0.6 is 0 Å². The molecule has 1 aliphatic heterocycles. The predicted molar refractivity (Wildman–Crippen MR) is 43.6 cm³/mol. The molecule has 1 amide bonds. The highest BCUT2D eigenvalue weighted by Crippen LogP contribution is 2.24. The maximum absolute atomic E-state index is 10.8. The van der Waals surface area contributed by atoms with Crippen molar-refractivity contribution in [2.75, 3.05) is 0 Å². The third-order valence-electron chi connectivity index (χ3n) is 1.68. The van der Waals surface area contributed by atoms with Gasteiger partial charge >= 0.3 is 5.97 Å². The molecule has 0 radical (unpaired) electrons. The quantitative estimate of drug-likeness (QED) is 0.659. The third-order valence-corrected chi connectivity index (χ3v) is 1.68. The van der Waals surface area contributed by atoms with Gasteiger partial charge in [-0.25, -0.2) is 0 Å². The van der Waals surface area contributed by atoms with E-state index >= 15 is 0 Å². The Bertz CT molecular complexity index is 233. The molecule has 1 heterocycles. The lowest BCUT2D eigenvalue weighted by Crippen LogP contribution is -2.48. The molecule has 0 aromatic heterocycles. The van der Waals surface area contributed by atoms with Crippen molar-refractivity contribution in [2.45, 2.75) is 25.5 Å². The summed E-state index contributed by atoms with van der Waals surface area (Å²) in [6.45, 7) is 1.32. The summed E-state index contributed by atoms with van der Waals surface area (Å²) >= 11 is 0. The molecule has 5 heteroatoms. The van der Waals surface area contributed by atoms with Crippen molar-refractivity contribution in [3.63, 3.8) is 0 Å². The molecule has 0 aromatic rings. The second-order valence-corrected chi connectivity index (χ2v) is 2.94. The molecule has 0 bridgehead atoms. The number of aliphatic carboxylic acids is 1. The van der Waals surface area contributed by atoms with Crippen LogP contribution in [-0.2, 0) is 14.3 Å². The molecule has 5 nitrogen and oxygen atoms in total. The standard InChI is InChI=1S/C8H11NO4/c1-6(10)9-8(5-7(11)12)3-2-4-13-8/h2,4H,3,5H2,1H3,(H,9,10)(H,11,12). The van der Waals surface area contributed by atoms with Gasteiger partial charge in [-0.05, 0) is 6.08 Å². The number of nitrogens with one attached hydrogen (secondary N) is 1. The van der Waals surface area contributed by atoms with Crippen LogP contribution in [0, 0.1) is 0 Å². The SMILES string of the molecule is CC(=O)NC1(CC(=O)O)CC=CO1. The van der Waals surface area contributed by atoms with Crippen molar-refractivity contribution in [3.05, 3.63) is 12.3 Å². The number of hydrogen-bond donors (Lipinski definition) is 2. The molecular formula is C8H11NO4. The van der Waals surface area contributed by atoms with Crippen molar-refractivity contribution in [1.82, 2.24) is 5.32 Å². The molecule has 0 aliphatic carbocycles. The summed E-state index contributed by atoms with van der Waals surface area (Å²) in [6.07, 6.45) is 3.23. The molecule has 0 aromatic carbocycles. The van der Waals surface area contributed by atoms with E-state index in [4.69, 9.17) is 9.84 Å². The molecule has 0 saturated heterocycles. The summed E-state index contributed by atoms with van der Waals surface area (Å²) in [5, 5.41) is 11.1. The van der Waals surface area contributed by atoms with Crippen LogP contribution in [0.3, 0.4) is 0 Å². The second kappa shape index (κ2) is 3.47. The van der Waals surface area contributed by atoms with E-state index in [1.807, 2.05) is 0 Å². The van der Waals surface area contributed by atoms with Gasteiger partial charge in [0.05, 0.1) is 6.26 Å². The van der Waals surface area contributed by atoms with Crippen molar-refractivity contribution >= 4 is 11.9 Å². The average molecular weight is 185 g/mol. The number of carboxylic acids is 1. The Kier molecular flexibility index (Phi) is 2.55. The number of amides is 1. The molecule has 2 N–H and O–H groups in total. The van der Waals surface area contributed by atoms with E-state index in [0.29, 0.717) is 6.42 Å². The van der Waals surface area contributed by atoms with E-state index in [-0.39, 0.29) is 12.3 Å². The molecule has 1 atom stereocenters. The van der Waals surface area contributed by atoms with Crippen molar-refractivity contribution in [3.8, 4) is 0 Å². The minimum absolute atomic E-state index is 0.237. The summed E-state index contributed by atoms with van der Waals surface area (Å²) < 4.78 is 5.07. The van der Waals surface area contributed by atoms with Gasteiger partial charge in [-0.1, -0.05) is 0 Å². The van der Waals surface area contributed by atoms with Gasteiger partial charge in [-0.15, -0.1) is 0 Å². The lowest BCUT2D eigenvalue weighted by atomic mass is 10.1. The number of carboxylic acid groups (broad SMARTS) is 1. The Labute approximate surface area is 75.4 Å². The fourth-order valence-electron chi connectivity index (χ4n) is 1.27. The minimum Gasteiger partial charge on any atom is -0.481 e. The van der Waals surface area contributed by atoms with Gasteiger partial charge in [0.15, 0.2) is 5.72 Å². The van der Waals surface area contributed by atoms with Gasteiger partial charge in [0.1, 0.15) is 6.42 Å². The van der Waals surface area contributed by atoms with Crippen molar-refractivity contribution < 1.29 is 19.4 Å². The maximum Gasteiger partial charge on any atom is 0.309 e. The minimum atomic E-state index is -1.07. The first kappa shape index (κ1) is 9.57. The zero-order valence-corrected chi connectivity index (χ0v) is 7.24. The third kappa shape index (κ3) is 2.47. The van der Waals surface area contributed by atoms with Gasteiger partial charge in [0.2, 0.25) is 5.91 Å². The van der Waals surface area contributed by atoms with Crippen LogP contribution in [0.2, 0.25) is 0 Å². The Morgan fingerprint density at radius 1 is 1.69 bits per heavy atom. The van der Waals surface area contributed by atoms with Crippen LogP contribution in [0.15, 0.2) is 12.3 Å². The number of ether oxygens (including phenoxy) is 1. The van der Waals surface area contributed by atoms with Crippen LogP contribution in [0.25, 0.3) is 0 Å². The number of carbonyl (C=O) groups is 2. The van der Waals surface area contributed by atoms with Gasteiger partial charge in [-0.2, -0.15) is 0 Å². The fourth-order valence-corrected chi connectivity index (χ4v) is 1.27. The number of carbonyl (C=O) groups excluding carboxylic acids is 1. The van der Waals surface area contributed by atoms with Crippen LogP contribution < -0.4 is 5.32 Å². The van der Waals surface area contributed by atoms with E-state index in [9.17, 15) is 9.59 Å². The highest BCUT2D eigenvalue weighted by Gasteiger charge is 2.36. The van der Waals surface area contributed by atoms with E-state index in [0.717, 1.165) is 0 Å². The molecule has 0 spiro atoms. The van der Waals surface area contributed by atoms with Crippen LogP contribution in [0.1, 0.15) is 19.8 Å². The molecule has 1 unspecified atom stereocenters. The number of hydrogen-bond acceptors (Lipinski definition) is 3. The van der Waals surface area contributed by atoms with Gasteiger partial charge in [0.25, 0.3) is 0 Å². The summed E-state index contributed by atoms with van der Waals surface area (Å²) in [5.41, 5.74) is -1.07. The first-order valence-electron chi connectivity index (χ1n) is 3.87. The smallest absolute Gasteiger partial charge is 0.309 e. The highest BCUT2D eigenvalue weighted by molar-refractivity contribution is 5.75. The topological polar surface area (TPSA) is 75.6 Å². The van der Waals surface area contributed by atoms with Crippen LogP contribution in [-0.4, -0.2) is 22.7 Å². The van der Waals surface area contributed by atoms with Crippen molar-refractivity contribution in [2.24, 2.45) is 0 Å². The normalized spacial score (nSPS) is 25.3. The van der Waals surface area contributed by atoms with Gasteiger partial charge in [-0.3, -0.25) is 9.59 Å². The zero-order chi connectivity index (χ0) is 9.90.